The van der Waals surface area contributed by atoms with Crippen molar-refractivity contribution in [3.8, 4) is 5.75 Å². The summed E-state index contributed by atoms with van der Waals surface area (Å²) in [6.07, 6.45) is 1.39. The smallest absolute Gasteiger partial charge is 0.387 e. The molecule has 0 unspecified atom stereocenters. The molecule has 1 fully saturated rings. The molecule has 2 aromatic carbocycles. The van der Waals surface area contributed by atoms with Crippen LogP contribution in [0, 0.1) is 23.0 Å². The van der Waals surface area contributed by atoms with Crippen LogP contribution in [-0.2, 0) is 9.59 Å². The van der Waals surface area contributed by atoms with Crippen LogP contribution in [-0.4, -0.2) is 44.7 Å². The normalized spacial score (nSPS) is 17.4. The van der Waals surface area contributed by atoms with E-state index in [1.54, 1.807) is 17.9 Å². The maximum absolute atomic E-state index is 13.4. The molecule has 0 saturated carbocycles. The number of nitrogens with zero attached hydrogens (tertiary/aromatic N) is 3. The van der Waals surface area contributed by atoms with Gasteiger partial charge in [0.25, 0.3) is 5.69 Å². The Morgan fingerprint density at radius 2 is 1.87 bits per heavy atom. The Balaban J connectivity index is 1.81. The molecule has 3 rings (SSSR count). The van der Waals surface area contributed by atoms with Crippen molar-refractivity contribution in [2.24, 2.45) is 10.9 Å². The number of aryl methyl sites for hydroxylation is 1. The zero-order valence-corrected chi connectivity index (χ0v) is 22.3. The van der Waals surface area contributed by atoms with Crippen molar-refractivity contribution in [1.29, 1.82) is 0 Å². The minimum atomic E-state index is -2.94. The number of carbonyl (C=O) groups excluding carboxylic acids is 2. The van der Waals surface area contributed by atoms with Gasteiger partial charge < -0.3 is 10.1 Å². The van der Waals surface area contributed by atoms with Crippen LogP contribution in [0.15, 0.2) is 47.5 Å². The first kappa shape index (κ1) is 29.0. The van der Waals surface area contributed by atoms with E-state index >= 15 is 0 Å². The Morgan fingerprint density at radius 3 is 2.47 bits per heavy atom. The quantitative estimate of drug-likeness (QED) is 0.261. The minimum Gasteiger partial charge on any atom is -0.435 e. The molecule has 0 aromatic heterocycles. The maximum atomic E-state index is 13.4. The summed E-state index contributed by atoms with van der Waals surface area (Å²) in [6.45, 7) is 4.85. The second-order valence-electron chi connectivity index (χ2n) is 9.43. The first-order valence-electron chi connectivity index (χ1n) is 12.1. The molecule has 0 aliphatic carbocycles. The lowest BCUT2D eigenvalue weighted by Gasteiger charge is -2.25. The number of halogens is 2. The SMILES string of the molecule is Cc1ccc(NC(=O)C[C@H]2SC(=Nc3ccc(OC(F)F)cc3)N([C@@H](C)CCC(C)C)C2=O)c([N+](=O)[O-])c1. The summed E-state index contributed by atoms with van der Waals surface area (Å²) in [5, 5.41) is 13.6. The molecule has 0 bridgehead atoms. The van der Waals surface area contributed by atoms with Crippen LogP contribution < -0.4 is 10.1 Å². The van der Waals surface area contributed by atoms with E-state index in [0.717, 1.165) is 24.6 Å². The maximum Gasteiger partial charge on any atom is 0.387 e. The highest BCUT2D eigenvalue weighted by Crippen LogP contribution is 2.35. The van der Waals surface area contributed by atoms with Gasteiger partial charge in [0.15, 0.2) is 5.17 Å². The van der Waals surface area contributed by atoms with E-state index in [1.165, 1.54) is 36.4 Å². The van der Waals surface area contributed by atoms with Gasteiger partial charge in [-0.05, 0) is 68.5 Å². The third kappa shape index (κ3) is 7.73. The van der Waals surface area contributed by atoms with Crippen molar-refractivity contribution in [2.75, 3.05) is 5.32 Å². The standard InChI is InChI=1S/C26H30F2N4O5S/c1-15(2)5-7-17(4)31-24(34)22(14-23(33)30-20-12-6-16(3)13-21(20)32(35)36)38-26(31)29-18-8-10-19(11-9-18)37-25(27)28/h6,8-13,15,17,22,25H,5,7,14H2,1-4H3,(H,30,33)/t17-,22+/m0/s1. The van der Waals surface area contributed by atoms with E-state index in [-0.39, 0.29) is 35.5 Å². The Morgan fingerprint density at radius 1 is 1.18 bits per heavy atom. The summed E-state index contributed by atoms with van der Waals surface area (Å²) >= 11 is 1.13. The molecule has 0 radical (unpaired) electrons. The number of aliphatic imine (C=N–C) groups is 1. The van der Waals surface area contributed by atoms with Gasteiger partial charge in [0.1, 0.15) is 16.7 Å². The van der Waals surface area contributed by atoms with Crippen molar-refractivity contribution >= 4 is 45.8 Å². The predicted molar refractivity (Wildman–Crippen MR) is 143 cm³/mol. The van der Waals surface area contributed by atoms with Crippen LogP contribution in [0.25, 0.3) is 0 Å². The van der Waals surface area contributed by atoms with Crippen LogP contribution in [0.5, 0.6) is 5.75 Å². The van der Waals surface area contributed by atoms with Gasteiger partial charge in [-0.25, -0.2) is 4.99 Å². The Hall–Kier alpha value is -3.54. The molecule has 2 amide bonds. The van der Waals surface area contributed by atoms with Crippen LogP contribution in [0.1, 0.15) is 45.6 Å². The van der Waals surface area contributed by atoms with Gasteiger partial charge in [-0.15, -0.1) is 0 Å². The fourth-order valence-electron chi connectivity index (χ4n) is 3.88. The highest BCUT2D eigenvalue weighted by molar-refractivity contribution is 8.15. The molecule has 2 aromatic rings. The molecule has 1 heterocycles. The predicted octanol–water partition coefficient (Wildman–Crippen LogP) is 6.29. The van der Waals surface area contributed by atoms with Crippen molar-refractivity contribution < 1.29 is 28.0 Å². The molecule has 1 aliphatic rings. The topological polar surface area (TPSA) is 114 Å². The zero-order valence-electron chi connectivity index (χ0n) is 21.5. The number of carbonyl (C=O) groups is 2. The molecule has 38 heavy (non-hydrogen) atoms. The fraction of sp³-hybridized carbons (Fsp3) is 0.423. The molecular formula is C26H30F2N4O5S. The summed E-state index contributed by atoms with van der Waals surface area (Å²) in [5.74, 6) is -0.401. The van der Waals surface area contributed by atoms with E-state index in [9.17, 15) is 28.5 Å². The molecule has 0 spiro atoms. The number of nitro groups is 1. The average molecular weight is 549 g/mol. The molecule has 1 aliphatic heterocycles. The summed E-state index contributed by atoms with van der Waals surface area (Å²) in [7, 11) is 0. The molecule has 1 N–H and O–H groups in total. The minimum absolute atomic E-state index is 0.0130. The lowest BCUT2D eigenvalue weighted by atomic mass is 10.0. The molecule has 1 saturated heterocycles. The number of nitrogens with one attached hydrogen (secondary N) is 1. The van der Waals surface area contributed by atoms with E-state index in [1.807, 2.05) is 6.92 Å². The Bertz CT molecular complexity index is 1210. The van der Waals surface area contributed by atoms with Crippen molar-refractivity contribution in [2.45, 2.75) is 64.9 Å². The number of alkyl halides is 2. The van der Waals surface area contributed by atoms with Crippen molar-refractivity contribution in [3.63, 3.8) is 0 Å². The first-order valence-corrected chi connectivity index (χ1v) is 13.0. The number of nitro benzene ring substituents is 1. The Labute approximate surface area is 223 Å². The lowest BCUT2D eigenvalue weighted by molar-refractivity contribution is -0.384. The van der Waals surface area contributed by atoms with E-state index in [0.29, 0.717) is 22.3 Å². The van der Waals surface area contributed by atoms with Gasteiger partial charge in [-0.1, -0.05) is 31.7 Å². The second kappa shape index (κ2) is 12.8. The summed E-state index contributed by atoms with van der Waals surface area (Å²) in [6, 6.07) is 10.0. The molecule has 9 nitrogen and oxygen atoms in total. The number of rotatable bonds is 11. The third-order valence-corrected chi connectivity index (χ3v) is 7.00. The summed E-state index contributed by atoms with van der Waals surface area (Å²) in [4.78, 5) is 43.2. The number of ether oxygens (including phenoxy) is 1. The number of benzene rings is 2. The molecule has 2 atom stereocenters. The largest absolute Gasteiger partial charge is 0.435 e. The van der Waals surface area contributed by atoms with Gasteiger partial charge >= 0.3 is 6.61 Å². The number of amides is 2. The number of hydrogen-bond acceptors (Lipinski definition) is 7. The van der Waals surface area contributed by atoms with Crippen molar-refractivity contribution in [1.82, 2.24) is 4.90 Å². The van der Waals surface area contributed by atoms with Gasteiger partial charge in [0.05, 0.1) is 10.6 Å². The monoisotopic (exact) mass is 548 g/mol. The van der Waals surface area contributed by atoms with Gasteiger partial charge in [-0.3, -0.25) is 24.6 Å². The average Bonchev–Trinajstić information content (AvgIpc) is 3.13. The summed E-state index contributed by atoms with van der Waals surface area (Å²) in [5.41, 5.74) is 0.942. The van der Waals surface area contributed by atoms with Crippen molar-refractivity contribution in [3.05, 3.63) is 58.1 Å². The van der Waals surface area contributed by atoms with Gasteiger partial charge in [0.2, 0.25) is 11.8 Å². The Kier molecular flexibility index (Phi) is 9.78. The number of amidine groups is 1. The third-order valence-electron chi connectivity index (χ3n) is 5.85. The van der Waals surface area contributed by atoms with Gasteiger partial charge in [0, 0.05) is 18.5 Å². The van der Waals surface area contributed by atoms with Crippen LogP contribution >= 0.6 is 11.8 Å². The van der Waals surface area contributed by atoms with E-state index in [2.05, 4.69) is 28.9 Å². The molecule has 204 valence electrons. The van der Waals surface area contributed by atoms with Crippen LogP contribution in [0.3, 0.4) is 0 Å². The van der Waals surface area contributed by atoms with E-state index in [4.69, 9.17) is 0 Å². The number of hydrogen-bond donors (Lipinski definition) is 1. The summed E-state index contributed by atoms with van der Waals surface area (Å²) < 4.78 is 29.3. The van der Waals surface area contributed by atoms with Crippen LogP contribution in [0.4, 0.5) is 25.8 Å². The fourth-order valence-corrected chi connectivity index (χ4v) is 5.13. The van der Waals surface area contributed by atoms with Crippen LogP contribution in [0.2, 0.25) is 0 Å². The van der Waals surface area contributed by atoms with E-state index < -0.39 is 22.7 Å². The van der Waals surface area contributed by atoms with Gasteiger partial charge in [-0.2, -0.15) is 8.78 Å². The number of anilines is 1. The first-order chi connectivity index (χ1) is 17.9. The highest BCUT2D eigenvalue weighted by atomic mass is 32.2. The molecular weight excluding hydrogens is 518 g/mol. The second-order valence-corrected chi connectivity index (χ2v) is 10.6. The zero-order chi connectivity index (χ0) is 28.0. The lowest BCUT2D eigenvalue weighted by Crippen LogP contribution is -2.40. The molecule has 12 heteroatoms. The number of thioether (sulfide) groups is 1. The highest BCUT2D eigenvalue weighted by Gasteiger charge is 2.41.